The summed E-state index contributed by atoms with van der Waals surface area (Å²) >= 11 is 0. The van der Waals surface area contributed by atoms with Crippen molar-refractivity contribution in [2.24, 2.45) is 10.7 Å². The van der Waals surface area contributed by atoms with Crippen LogP contribution in [0.2, 0.25) is 0 Å². The number of hydrogen-bond donors (Lipinski definition) is 1. The molecule has 0 unspecified atom stereocenters. The van der Waals surface area contributed by atoms with Crippen molar-refractivity contribution in [3.8, 4) is 5.75 Å². The van der Waals surface area contributed by atoms with Gasteiger partial charge in [-0.2, -0.15) is 0 Å². The highest BCUT2D eigenvalue weighted by atomic mass is 127. The summed E-state index contributed by atoms with van der Waals surface area (Å²) in [5.74, 6) is 1.36. The molecule has 2 rings (SSSR count). The molecule has 1 aliphatic carbocycles. The number of nitrogens with two attached hydrogens (primary N) is 1. The molecule has 1 saturated carbocycles. The van der Waals surface area contributed by atoms with Crippen molar-refractivity contribution in [2.45, 2.75) is 18.9 Å². The van der Waals surface area contributed by atoms with Crippen LogP contribution in [-0.2, 0) is 0 Å². The zero-order valence-electron chi connectivity index (χ0n) is 10.5. The Morgan fingerprint density at radius 2 is 2.39 bits per heavy atom. The minimum absolute atomic E-state index is 0. The molecule has 1 heterocycles. The van der Waals surface area contributed by atoms with E-state index in [-0.39, 0.29) is 24.0 Å². The lowest BCUT2D eigenvalue weighted by Crippen LogP contribution is -2.36. The molecule has 0 aliphatic heterocycles. The SMILES string of the molecule is CN(C(N)=NCCOc1cccnc1)C1CC1.I. The molecule has 1 fully saturated rings. The molecule has 0 bridgehead atoms. The molecule has 0 aromatic carbocycles. The van der Waals surface area contributed by atoms with Gasteiger partial charge in [0.1, 0.15) is 12.4 Å². The van der Waals surface area contributed by atoms with Crippen molar-refractivity contribution in [3.05, 3.63) is 24.5 Å². The van der Waals surface area contributed by atoms with Crippen LogP contribution < -0.4 is 10.5 Å². The van der Waals surface area contributed by atoms with Gasteiger partial charge in [0.05, 0.1) is 12.7 Å². The van der Waals surface area contributed by atoms with E-state index in [2.05, 4.69) is 9.98 Å². The summed E-state index contributed by atoms with van der Waals surface area (Å²) in [6, 6.07) is 4.31. The van der Waals surface area contributed by atoms with Crippen LogP contribution in [-0.4, -0.2) is 42.1 Å². The maximum absolute atomic E-state index is 5.85. The molecule has 0 saturated heterocycles. The number of pyridine rings is 1. The van der Waals surface area contributed by atoms with Gasteiger partial charge in [0.25, 0.3) is 0 Å². The smallest absolute Gasteiger partial charge is 0.191 e. The Hall–Kier alpha value is -1.05. The summed E-state index contributed by atoms with van der Waals surface area (Å²) in [5, 5.41) is 0. The monoisotopic (exact) mass is 362 g/mol. The fourth-order valence-corrected chi connectivity index (χ4v) is 1.52. The summed E-state index contributed by atoms with van der Waals surface area (Å²) in [4.78, 5) is 10.3. The van der Waals surface area contributed by atoms with Crippen LogP contribution in [0.15, 0.2) is 29.5 Å². The van der Waals surface area contributed by atoms with Crippen LogP contribution >= 0.6 is 24.0 Å². The number of aliphatic imine (C=N–C) groups is 1. The molecule has 5 nitrogen and oxygen atoms in total. The molecule has 0 atom stereocenters. The standard InChI is InChI=1S/C12H18N4O.HI/c1-16(10-4-5-10)12(13)15-7-8-17-11-3-2-6-14-9-11;/h2-3,6,9-10H,4-5,7-8H2,1H3,(H2,13,15);1H. The topological polar surface area (TPSA) is 63.7 Å². The first-order valence-corrected chi connectivity index (χ1v) is 5.83. The van der Waals surface area contributed by atoms with Crippen LogP contribution in [0.25, 0.3) is 0 Å². The third-order valence-electron chi connectivity index (χ3n) is 2.72. The first kappa shape index (κ1) is 15.0. The average Bonchev–Trinajstić information content (AvgIpc) is 3.19. The number of nitrogens with zero attached hydrogens (tertiary/aromatic N) is 3. The number of halogens is 1. The lowest BCUT2D eigenvalue weighted by atomic mass is 10.5. The van der Waals surface area contributed by atoms with Gasteiger partial charge in [-0.3, -0.25) is 4.98 Å². The van der Waals surface area contributed by atoms with Gasteiger partial charge in [-0.05, 0) is 25.0 Å². The minimum atomic E-state index is 0. The van der Waals surface area contributed by atoms with E-state index < -0.39 is 0 Å². The highest BCUT2D eigenvalue weighted by Gasteiger charge is 2.27. The van der Waals surface area contributed by atoms with Crippen molar-refractivity contribution in [1.82, 2.24) is 9.88 Å². The second-order valence-corrected chi connectivity index (χ2v) is 4.12. The average molecular weight is 362 g/mol. The van der Waals surface area contributed by atoms with E-state index in [1.54, 1.807) is 12.4 Å². The fraction of sp³-hybridized carbons (Fsp3) is 0.500. The number of guanidine groups is 1. The molecule has 1 aliphatic rings. The van der Waals surface area contributed by atoms with E-state index in [4.69, 9.17) is 10.5 Å². The van der Waals surface area contributed by atoms with Crippen molar-refractivity contribution < 1.29 is 4.74 Å². The van der Waals surface area contributed by atoms with E-state index >= 15 is 0 Å². The van der Waals surface area contributed by atoms with Gasteiger partial charge in [-0.25, -0.2) is 4.99 Å². The molecular weight excluding hydrogens is 343 g/mol. The van der Waals surface area contributed by atoms with Crippen LogP contribution in [0.1, 0.15) is 12.8 Å². The van der Waals surface area contributed by atoms with E-state index in [9.17, 15) is 0 Å². The normalized spacial score (nSPS) is 14.8. The third kappa shape index (κ3) is 4.67. The van der Waals surface area contributed by atoms with Gasteiger partial charge >= 0.3 is 0 Å². The molecule has 0 amide bonds. The predicted octanol–water partition coefficient (Wildman–Crippen LogP) is 1.49. The number of rotatable bonds is 5. The number of aromatic nitrogens is 1. The van der Waals surface area contributed by atoms with Crippen molar-refractivity contribution in [2.75, 3.05) is 20.2 Å². The van der Waals surface area contributed by atoms with Gasteiger partial charge in [0.15, 0.2) is 5.96 Å². The molecule has 0 radical (unpaired) electrons. The number of hydrogen-bond acceptors (Lipinski definition) is 3. The van der Waals surface area contributed by atoms with Gasteiger partial charge in [0, 0.05) is 19.3 Å². The minimum Gasteiger partial charge on any atom is -0.490 e. The highest BCUT2D eigenvalue weighted by molar-refractivity contribution is 14.0. The maximum Gasteiger partial charge on any atom is 0.191 e. The zero-order valence-corrected chi connectivity index (χ0v) is 12.8. The van der Waals surface area contributed by atoms with E-state index in [0.717, 1.165) is 5.75 Å². The lowest BCUT2D eigenvalue weighted by Gasteiger charge is -2.16. The van der Waals surface area contributed by atoms with Crippen molar-refractivity contribution >= 4 is 29.9 Å². The van der Waals surface area contributed by atoms with Crippen LogP contribution in [0, 0.1) is 0 Å². The van der Waals surface area contributed by atoms with Gasteiger partial charge in [-0.15, -0.1) is 24.0 Å². The Kier molecular flexibility index (Phi) is 6.17. The van der Waals surface area contributed by atoms with E-state index in [1.807, 2.05) is 24.1 Å². The van der Waals surface area contributed by atoms with Gasteiger partial charge < -0.3 is 15.4 Å². The van der Waals surface area contributed by atoms with Crippen molar-refractivity contribution in [3.63, 3.8) is 0 Å². The molecule has 0 spiro atoms. The van der Waals surface area contributed by atoms with Crippen LogP contribution in [0.5, 0.6) is 5.75 Å². The first-order valence-electron chi connectivity index (χ1n) is 5.83. The molecule has 100 valence electrons. The van der Waals surface area contributed by atoms with Gasteiger partial charge in [0.2, 0.25) is 0 Å². The second-order valence-electron chi connectivity index (χ2n) is 4.12. The summed E-state index contributed by atoms with van der Waals surface area (Å²) in [6.07, 6.45) is 5.84. The Balaban J connectivity index is 0.00000162. The van der Waals surface area contributed by atoms with Crippen LogP contribution in [0.4, 0.5) is 0 Å². The predicted molar refractivity (Wildman–Crippen MR) is 82.4 cm³/mol. The number of ether oxygens (including phenoxy) is 1. The molecule has 2 N–H and O–H groups in total. The maximum atomic E-state index is 5.85. The quantitative estimate of drug-likeness (QED) is 0.373. The van der Waals surface area contributed by atoms with E-state index in [0.29, 0.717) is 25.2 Å². The Morgan fingerprint density at radius 3 is 3.00 bits per heavy atom. The molecule has 1 aromatic heterocycles. The fourth-order valence-electron chi connectivity index (χ4n) is 1.52. The molecular formula is C12H19IN4O. The summed E-state index contributed by atoms with van der Waals surface area (Å²) in [6.45, 7) is 1.09. The lowest BCUT2D eigenvalue weighted by molar-refractivity contribution is 0.326. The third-order valence-corrected chi connectivity index (χ3v) is 2.72. The Bertz CT molecular complexity index is 381. The summed E-state index contributed by atoms with van der Waals surface area (Å²) < 4.78 is 5.47. The zero-order chi connectivity index (χ0) is 12.1. The second kappa shape index (κ2) is 7.40. The molecule has 6 heteroatoms. The van der Waals surface area contributed by atoms with Gasteiger partial charge in [-0.1, -0.05) is 0 Å². The first-order chi connectivity index (χ1) is 8.27. The van der Waals surface area contributed by atoms with E-state index in [1.165, 1.54) is 12.8 Å². The Labute approximate surface area is 124 Å². The molecule has 1 aromatic rings. The largest absolute Gasteiger partial charge is 0.490 e. The molecule has 18 heavy (non-hydrogen) atoms. The van der Waals surface area contributed by atoms with Crippen molar-refractivity contribution in [1.29, 1.82) is 0 Å². The Morgan fingerprint density at radius 1 is 1.61 bits per heavy atom. The highest BCUT2D eigenvalue weighted by Crippen LogP contribution is 2.24. The summed E-state index contributed by atoms with van der Waals surface area (Å²) in [7, 11) is 1.98. The summed E-state index contributed by atoms with van der Waals surface area (Å²) in [5.41, 5.74) is 5.85. The van der Waals surface area contributed by atoms with Crippen LogP contribution in [0.3, 0.4) is 0 Å².